The fraction of sp³-hybridized carbons (Fsp3) is 0.636. The van der Waals surface area contributed by atoms with Gasteiger partial charge in [-0.05, 0) is 34.6 Å². The van der Waals surface area contributed by atoms with Gasteiger partial charge in [0.15, 0.2) is 0 Å². The van der Waals surface area contributed by atoms with Crippen LogP contribution in [0.3, 0.4) is 0 Å². The maximum atomic E-state index is 11.2. The zero-order valence-corrected chi connectivity index (χ0v) is 11.1. The lowest BCUT2D eigenvalue weighted by atomic mass is 10.2. The average Bonchev–Trinajstić information content (AvgIpc) is 2.24. The predicted molar refractivity (Wildman–Crippen MR) is 59.9 cm³/mol. The van der Waals surface area contributed by atoms with Gasteiger partial charge in [-0.3, -0.25) is 0 Å². The monoisotopic (exact) mass is 262 g/mol. The minimum absolute atomic E-state index is 0.0588. The fourth-order valence-electron chi connectivity index (χ4n) is 0.568. The molecule has 18 heavy (non-hydrogen) atoms. The highest BCUT2D eigenvalue weighted by atomic mass is 17.2. The third-order valence-corrected chi connectivity index (χ3v) is 1.29. The van der Waals surface area contributed by atoms with E-state index < -0.39 is 17.7 Å². The summed E-state index contributed by atoms with van der Waals surface area (Å²) >= 11 is 0. The van der Waals surface area contributed by atoms with Crippen LogP contribution in [0.5, 0.6) is 0 Å². The van der Waals surface area contributed by atoms with Gasteiger partial charge in [0.2, 0.25) is 0 Å². The van der Waals surface area contributed by atoms with E-state index >= 15 is 0 Å². The van der Waals surface area contributed by atoms with Crippen molar-refractivity contribution in [1.82, 2.24) is 0 Å². The van der Waals surface area contributed by atoms with E-state index in [-0.39, 0.29) is 12.2 Å². The first-order valence-corrected chi connectivity index (χ1v) is 5.33. The molecule has 0 aromatic heterocycles. The van der Waals surface area contributed by atoms with Crippen LogP contribution < -0.4 is 0 Å². The number of carbonyl (C=O) groups excluding carboxylic acids is 2. The molecule has 0 rings (SSSR count). The zero-order valence-electron chi connectivity index (χ0n) is 11.1. The number of ether oxygens (including phenoxy) is 1. The van der Waals surface area contributed by atoms with E-state index in [1.807, 2.05) is 0 Å². The molecule has 0 spiro atoms. The van der Waals surface area contributed by atoms with Crippen LogP contribution in [0.25, 0.3) is 0 Å². The van der Waals surface area contributed by atoms with Crippen LogP contribution in [0.15, 0.2) is 11.8 Å². The van der Waals surface area contributed by atoms with Crippen LogP contribution in [0.4, 0.5) is 4.79 Å². The molecule has 0 aromatic carbocycles. The van der Waals surface area contributed by atoms with Gasteiger partial charge in [0.05, 0.1) is 12.2 Å². The first-order valence-electron chi connectivity index (χ1n) is 5.33. The first-order chi connectivity index (χ1) is 8.26. The third-order valence-electron chi connectivity index (χ3n) is 1.29. The number of rotatable bonds is 4. The highest BCUT2D eigenvalue weighted by Crippen LogP contribution is 2.08. The second-order valence-electron chi connectivity index (χ2n) is 4.23. The van der Waals surface area contributed by atoms with Crippen molar-refractivity contribution >= 4 is 12.1 Å². The van der Waals surface area contributed by atoms with Gasteiger partial charge in [0.1, 0.15) is 11.9 Å². The molecule has 7 heteroatoms. The average molecular weight is 262 g/mol. The molecule has 0 aliphatic rings. The van der Waals surface area contributed by atoms with Crippen molar-refractivity contribution in [2.24, 2.45) is 0 Å². The lowest BCUT2D eigenvalue weighted by Gasteiger charge is -2.15. The molecule has 0 amide bonds. The van der Waals surface area contributed by atoms with Gasteiger partial charge in [-0.2, -0.15) is 9.68 Å². The molecular weight excluding hydrogens is 244 g/mol. The fourth-order valence-corrected chi connectivity index (χ4v) is 0.568. The Balaban J connectivity index is 4.02. The Bertz CT molecular complexity index is 314. The number of hydrogen-bond donors (Lipinski definition) is 0. The van der Waals surface area contributed by atoms with Crippen molar-refractivity contribution < 1.29 is 33.9 Å². The molecule has 0 unspecified atom stereocenters. The molecule has 0 radical (unpaired) electrons. The Morgan fingerprint density at radius 2 is 1.78 bits per heavy atom. The molecule has 7 nitrogen and oxygen atoms in total. The molecule has 0 saturated carbocycles. The topological polar surface area (TPSA) is 80.3 Å². The smallest absolute Gasteiger partial charge is 0.432 e. The SMILES string of the molecule is CCOC(=O)OOC(=O)C(C)=COOC(C)(C)C. The number of carbonyl (C=O) groups is 2. The standard InChI is InChI=1S/C11H18O7/c1-6-14-10(13)17-16-9(12)8(2)7-15-18-11(3,4)5/h7H,6H2,1-5H3. The highest BCUT2D eigenvalue weighted by molar-refractivity contribution is 5.87. The summed E-state index contributed by atoms with van der Waals surface area (Å²) in [5, 5.41) is 0. The van der Waals surface area contributed by atoms with Gasteiger partial charge in [0, 0.05) is 0 Å². The summed E-state index contributed by atoms with van der Waals surface area (Å²) in [6, 6.07) is 0. The van der Waals surface area contributed by atoms with E-state index in [9.17, 15) is 9.59 Å². The van der Waals surface area contributed by atoms with E-state index in [1.165, 1.54) is 6.92 Å². The molecule has 0 heterocycles. The van der Waals surface area contributed by atoms with Crippen LogP contribution >= 0.6 is 0 Å². The Kier molecular flexibility index (Phi) is 6.81. The molecule has 0 bridgehead atoms. The molecular formula is C11H18O7. The van der Waals surface area contributed by atoms with E-state index in [1.54, 1.807) is 27.7 Å². The third kappa shape index (κ3) is 8.40. The summed E-state index contributed by atoms with van der Waals surface area (Å²) in [4.78, 5) is 39.8. The Morgan fingerprint density at radius 1 is 1.17 bits per heavy atom. The molecule has 0 fully saturated rings. The molecule has 0 aliphatic carbocycles. The molecule has 0 N–H and O–H groups in total. The summed E-state index contributed by atoms with van der Waals surface area (Å²) in [7, 11) is 0. The summed E-state index contributed by atoms with van der Waals surface area (Å²) in [6.07, 6.45) is -0.0484. The molecule has 0 saturated heterocycles. The lowest BCUT2D eigenvalue weighted by Crippen LogP contribution is -2.18. The molecule has 104 valence electrons. The molecule has 0 aromatic rings. The van der Waals surface area contributed by atoms with Gasteiger partial charge < -0.3 is 9.62 Å². The first kappa shape index (κ1) is 16.2. The van der Waals surface area contributed by atoms with Crippen molar-refractivity contribution in [2.75, 3.05) is 6.61 Å². The highest BCUT2D eigenvalue weighted by Gasteiger charge is 2.14. The van der Waals surface area contributed by atoms with Crippen molar-refractivity contribution in [1.29, 1.82) is 0 Å². The second kappa shape index (κ2) is 7.54. The van der Waals surface area contributed by atoms with Crippen molar-refractivity contribution in [3.05, 3.63) is 11.8 Å². The maximum Gasteiger partial charge on any atom is 0.549 e. The van der Waals surface area contributed by atoms with Crippen molar-refractivity contribution in [2.45, 2.75) is 40.2 Å². The van der Waals surface area contributed by atoms with Gasteiger partial charge in [-0.25, -0.2) is 14.6 Å². The largest absolute Gasteiger partial charge is 0.549 e. The van der Waals surface area contributed by atoms with E-state index in [4.69, 9.17) is 9.78 Å². The molecule has 0 aliphatic heterocycles. The Hall–Kier alpha value is -1.76. The maximum absolute atomic E-state index is 11.2. The van der Waals surface area contributed by atoms with E-state index in [0.29, 0.717) is 0 Å². The minimum Gasteiger partial charge on any atom is -0.432 e. The quantitative estimate of drug-likeness (QED) is 0.253. The van der Waals surface area contributed by atoms with Gasteiger partial charge in [-0.1, -0.05) is 0 Å². The molecule has 0 atom stereocenters. The minimum atomic E-state index is -1.09. The zero-order chi connectivity index (χ0) is 14.2. The van der Waals surface area contributed by atoms with Gasteiger partial charge in [0.25, 0.3) is 0 Å². The van der Waals surface area contributed by atoms with Crippen molar-refractivity contribution in [3.8, 4) is 0 Å². The summed E-state index contributed by atoms with van der Waals surface area (Å²) in [6.45, 7) is 8.44. The van der Waals surface area contributed by atoms with Crippen molar-refractivity contribution in [3.63, 3.8) is 0 Å². The summed E-state index contributed by atoms with van der Waals surface area (Å²) < 4.78 is 4.38. The van der Waals surface area contributed by atoms with Crippen LogP contribution in [-0.2, 0) is 29.1 Å². The van der Waals surface area contributed by atoms with E-state index in [0.717, 1.165) is 6.26 Å². The lowest BCUT2D eigenvalue weighted by molar-refractivity contribution is -0.311. The Morgan fingerprint density at radius 3 is 2.28 bits per heavy atom. The summed E-state index contributed by atoms with van der Waals surface area (Å²) in [5.74, 6) is -0.888. The predicted octanol–water partition coefficient (Wildman–Crippen LogP) is 2.27. The number of hydrogen-bond acceptors (Lipinski definition) is 7. The van der Waals surface area contributed by atoms with Crippen LogP contribution in [0.2, 0.25) is 0 Å². The van der Waals surface area contributed by atoms with Gasteiger partial charge in [-0.15, -0.1) is 0 Å². The van der Waals surface area contributed by atoms with Crippen LogP contribution in [0, 0.1) is 0 Å². The van der Waals surface area contributed by atoms with Gasteiger partial charge >= 0.3 is 12.1 Å². The Labute approximate surface area is 105 Å². The van der Waals surface area contributed by atoms with Crippen LogP contribution in [0.1, 0.15) is 34.6 Å². The summed E-state index contributed by atoms with van der Waals surface area (Å²) in [5.41, 5.74) is -0.453. The second-order valence-corrected chi connectivity index (χ2v) is 4.23. The van der Waals surface area contributed by atoms with E-state index in [2.05, 4.69) is 14.5 Å². The van der Waals surface area contributed by atoms with Crippen LogP contribution in [-0.4, -0.2) is 24.3 Å². The normalized spacial score (nSPS) is 11.7.